The first-order valence-electron chi connectivity index (χ1n) is 11.0. The lowest BCUT2D eigenvalue weighted by Gasteiger charge is -2.16. The summed E-state index contributed by atoms with van der Waals surface area (Å²) in [5, 5.41) is 9.83. The molecule has 0 atom stereocenters. The molecule has 34 heavy (non-hydrogen) atoms. The third-order valence-corrected chi connectivity index (χ3v) is 6.75. The van der Waals surface area contributed by atoms with E-state index >= 15 is 0 Å². The van der Waals surface area contributed by atoms with E-state index in [0.29, 0.717) is 21.8 Å². The number of benzene rings is 3. The second-order valence-corrected chi connectivity index (χ2v) is 8.82. The number of thioether (sulfide) groups is 1. The van der Waals surface area contributed by atoms with Gasteiger partial charge in [0.15, 0.2) is 5.16 Å². The van der Waals surface area contributed by atoms with Gasteiger partial charge < -0.3 is 4.90 Å². The highest BCUT2D eigenvalue weighted by Crippen LogP contribution is 2.24. The van der Waals surface area contributed by atoms with Crippen LogP contribution in [0.1, 0.15) is 12.5 Å². The Bertz CT molecular complexity index is 1540. The second-order valence-electron chi connectivity index (χ2n) is 7.87. The minimum atomic E-state index is -0.156. The van der Waals surface area contributed by atoms with Gasteiger partial charge in [-0.1, -0.05) is 61.2 Å². The van der Waals surface area contributed by atoms with E-state index in [2.05, 4.69) is 17.1 Å². The zero-order chi connectivity index (χ0) is 23.7. The van der Waals surface area contributed by atoms with Crippen LogP contribution in [0, 0.1) is 0 Å². The van der Waals surface area contributed by atoms with Crippen molar-refractivity contribution in [1.29, 1.82) is 0 Å². The highest BCUT2D eigenvalue weighted by atomic mass is 32.2. The predicted octanol–water partition coefficient (Wildman–Crippen LogP) is 4.35. The quantitative estimate of drug-likeness (QED) is 0.346. The molecular formula is C26H23N5O2S. The zero-order valence-electron chi connectivity index (χ0n) is 18.9. The highest BCUT2D eigenvalue weighted by Gasteiger charge is 2.19. The average molecular weight is 470 g/mol. The van der Waals surface area contributed by atoms with Crippen molar-refractivity contribution in [1.82, 2.24) is 19.2 Å². The van der Waals surface area contributed by atoms with Crippen LogP contribution >= 0.6 is 11.8 Å². The van der Waals surface area contributed by atoms with Crippen molar-refractivity contribution in [2.45, 2.75) is 18.5 Å². The fourth-order valence-corrected chi connectivity index (χ4v) is 4.76. The van der Waals surface area contributed by atoms with Crippen LogP contribution in [0.4, 0.5) is 5.69 Å². The Morgan fingerprint density at radius 3 is 2.38 bits per heavy atom. The Morgan fingerprint density at radius 1 is 0.941 bits per heavy atom. The summed E-state index contributed by atoms with van der Waals surface area (Å²) in [5.74, 6) is 0.547. The largest absolute Gasteiger partial charge is 0.315 e. The van der Waals surface area contributed by atoms with Gasteiger partial charge in [0.25, 0.3) is 5.56 Å². The van der Waals surface area contributed by atoms with Gasteiger partial charge in [0.1, 0.15) is 0 Å². The summed E-state index contributed by atoms with van der Waals surface area (Å²) in [5.41, 5.74) is 3.29. The van der Waals surface area contributed by atoms with Crippen LogP contribution in [0.5, 0.6) is 0 Å². The molecule has 0 bridgehead atoms. The summed E-state index contributed by atoms with van der Waals surface area (Å²) in [6.45, 7) is 2.09. The molecular weight excluding hydrogens is 446 g/mol. The molecule has 0 spiro atoms. The number of fused-ring (bicyclic) bond motifs is 3. The summed E-state index contributed by atoms with van der Waals surface area (Å²) < 4.78 is 3.43. The maximum Gasteiger partial charge on any atom is 0.267 e. The number of anilines is 1. The molecule has 0 saturated heterocycles. The smallest absolute Gasteiger partial charge is 0.267 e. The summed E-state index contributed by atoms with van der Waals surface area (Å²) in [6, 6.07) is 24.8. The molecule has 0 N–H and O–H groups in total. The maximum absolute atomic E-state index is 13.4. The molecule has 170 valence electrons. The van der Waals surface area contributed by atoms with E-state index in [1.165, 1.54) is 17.3 Å². The number of amides is 1. The number of aryl methyl sites for hydroxylation is 1. The van der Waals surface area contributed by atoms with Gasteiger partial charge in [-0.15, -0.1) is 10.2 Å². The lowest BCUT2D eigenvalue weighted by atomic mass is 10.1. The number of hydrogen-bond donors (Lipinski definition) is 0. The van der Waals surface area contributed by atoms with Gasteiger partial charge in [-0.25, -0.2) is 4.57 Å². The van der Waals surface area contributed by atoms with Crippen molar-refractivity contribution >= 4 is 40.0 Å². The van der Waals surface area contributed by atoms with Gasteiger partial charge >= 0.3 is 0 Å². The van der Waals surface area contributed by atoms with Crippen molar-refractivity contribution in [2.75, 3.05) is 17.7 Å². The number of rotatable bonds is 6. The van der Waals surface area contributed by atoms with Gasteiger partial charge in [-0.05, 0) is 48.4 Å². The van der Waals surface area contributed by atoms with Crippen molar-refractivity contribution in [3.8, 4) is 5.69 Å². The van der Waals surface area contributed by atoms with E-state index < -0.39 is 0 Å². The molecule has 2 aromatic heterocycles. The van der Waals surface area contributed by atoms with E-state index in [-0.39, 0.29) is 17.2 Å². The monoisotopic (exact) mass is 469 g/mol. The van der Waals surface area contributed by atoms with Crippen LogP contribution in [0.25, 0.3) is 22.4 Å². The molecule has 0 saturated carbocycles. The lowest BCUT2D eigenvalue weighted by molar-refractivity contribution is -0.115. The molecule has 0 unspecified atom stereocenters. The van der Waals surface area contributed by atoms with E-state index in [9.17, 15) is 9.59 Å². The number of hydrogen-bond acceptors (Lipinski definition) is 5. The topological polar surface area (TPSA) is 72.5 Å². The average Bonchev–Trinajstić information content (AvgIpc) is 3.31. The van der Waals surface area contributed by atoms with Gasteiger partial charge in [0.05, 0.1) is 22.3 Å². The maximum atomic E-state index is 13.4. The van der Waals surface area contributed by atoms with Gasteiger partial charge in [0, 0.05) is 12.7 Å². The Kier molecular flexibility index (Phi) is 5.90. The minimum absolute atomic E-state index is 0.0549. The number of aromatic nitrogens is 4. The van der Waals surface area contributed by atoms with Crippen LogP contribution in [0.15, 0.2) is 88.8 Å². The molecule has 5 rings (SSSR count). The lowest BCUT2D eigenvalue weighted by Crippen LogP contribution is -2.28. The minimum Gasteiger partial charge on any atom is -0.315 e. The van der Waals surface area contributed by atoms with Crippen molar-refractivity contribution in [3.05, 3.63) is 94.8 Å². The molecule has 0 fully saturated rings. The Labute approximate surface area is 200 Å². The summed E-state index contributed by atoms with van der Waals surface area (Å²) in [4.78, 5) is 27.9. The van der Waals surface area contributed by atoms with Crippen LogP contribution in [-0.4, -0.2) is 37.9 Å². The Morgan fingerprint density at radius 2 is 1.65 bits per heavy atom. The Hall–Kier alpha value is -3.91. The van der Waals surface area contributed by atoms with Crippen LogP contribution in [-0.2, 0) is 11.2 Å². The Balaban J connectivity index is 1.57. The predicted molar refractivity (Wildman–Crippen MR) is 136 cm³/mol. The fraction of sp³-hybridized carbons (Fsp3) is 0.154. The van der Waals surface area contributed by atoms with Crippen molar-refractivity contribution in [3.63, 3.8) is 0 Å². The standard InChI is InChI=1S/C26H23N5O2S/c1-3-18-13-15-20(16-14-18)30-24(33)21-11-7-8-12-22(21)31-25(30)27-28-26(31)34-17-23(32)29(2)19-9-5-4-6-10-19/h4-16H,3,17H2,1-2H3. The first kappa shape index (κ1) is 21.9. The third kappa shape index (κ3) is 3.86. The molecule has 0 aliphatic carbocycles. The van der Waals surface area contributed by atoms with Crippen LogP contribution in [0.2, 0.25) is 0 Å². The van der Waals surface area contributed by atoms with Gasteiger partial charge in [0.2, 0.25) is 11.7 Å². The highest BCUT2D eigenvalue weighted by molar-refractivity contribution is 7.99. The zero-order valence-corrected chi connectivity index (χ0v) is 19.7. The molecule has 0 aliphatic rings. The van der Waals surface area contributed by atoms with Crippen molar-refractivity contribution < 1.29 is 4.79 Å². The molecule has 8 heteroatoms. The van der Waals surface area contributed by atoms with Crippen LogP contribution < -0.4 is 10.5 Å². The van der Waals surface area contributed by atoms with Crippen molar-refractivity contribution in [2.24, 2.45) is 0 Å². The SMILES string of the molecule is CCc1ccc(-n2c(=O)c3ccccc3n3c(SCC(=O)N(C)c4ccccc4)nnc23)cc1. The second kappa shape index (κ2) is 9.15. The number of para-hydroxylation sites is 2. The molecule has 1 amide bonds. The molecule has 7 nitrogen and oxygen atoms in total. The normalized spacial score (nSPS) is 11.2. The first-order chi connectivity index (χ1) is 16.6. The molecule has 3 aromatic carbocycles. The summed E-state index contributed by atoms with van der Waals surface area (Å²) in [7, 11) is 1.76. The molecule has 5 aromatic rings. The first-order valence-corrected chi connectivity index (χ1v) is 12.0. The van der Waals surface area contributed by atoms with E-state index in [0.717, 1.165) is 17.8 Å². The van der Waals surface area contributed by atoms with E-state index in [4.69, 9.17) is 0 Å². The number of carbonyl (C=O) groups is 1. The fourth-order valence-electron chi connectivity index (χ4n) is 3.90. The van der Waals surface area contributed by atoms with E-state index in [1.807, 2.05) is 77.2 Å². The molecule has 0 aliphatic heterocycles. The summed E-state index contributed by atoms with van der Waals surface area (Å²) in [6.07, 6.45) is 0.916. The van der Waals surface area contributed by atoms with E-state index in [1.54, 1.807) is 22.6 Å². The van der Waals surface area contributed by atoms with Gasteiger partial charge in [-0.2, -0.15) is 0 Å². The molecule has 0 radical (unpaired) electrons. The third-order valence-electron chi connectivity index (χ3n) is 5.84. The van der Waals surface area contributed by atoms with Crippen LogP contribution in [0.3, 0.4) is 0 Å². The summed E-state index contributed by atoms with van der Waals surface area (Å²) >= 11 is 1.30. The molecule has 2 heterocycles. The van der Waals surface area contributed by atoms with Gasteiger partial charge in [-0.3, -0.25) is 14.0 Å². The number of nitrogens with zero attached hydrogens (tertiary/aromatic N) is 5. The number of carbonyl (C=O) groups excluding carboxylic acids is 1.